The van der Waals surface area contributed by atoms with Crippen molar-refractivity contribution in [3.05, 3.63) is 241 Å². The van der Waals surface area contributed by atoms with Crippen molar-refractivity contribution >= 4 is 32.3 Å². The molecule has 1 heterocycles. The lowest BCUT2D eigenvalue weighted by Crippen LogP contribution is -2.25. The quantitative estimate of drug-likeness (QED) is 0.167. The maximum atomic E-state index is 5.15. The summed E-state index contributed by atoms with van der Waals surface area (Å²) < 4.78 is 0. The average molecular weight is 773 g/mol. The predicted molar refractivity (Wildman–Crippen MR) is 253 cm³/mol. The van der Waals surface area contributed by atoms with Gasteiger partial charge in [-0.25, -0.2) is 9.97 Å². The summed E-state index contributed by atoms with van der Waals surface area (Å²) in [5.74, 6) is 0.707. The molecule has 1 aromatic heterocycles. The van der Waals surface area contributed by atoms with Crippen LogP contribution in [0.25, 0.3) is 99.6 Å². The maximum absolute atomic E-state index is 5.15. The molecule has 61 heavy (non-hydrogen) atoms. The Labute approximate surface area is 354 Å². The van der Waals surface area contributed by atoms with Crippen LogP contribution < -0.4 is 0 Å². The van der Waals surface area contributed by atoms with Crippen LogP contribution in [-0.4, -0.2) is 9.97 Å². The second-order valence-corrected chi connectivity index (χ2v) is 16.4. The van der Waals surface area contributed by atoms with Crippen molar-refractivity contribution in [2.24, 2.45) is 0 Å². The van der Waals surface area contributed by atoms with Crippen LogP contribution in [-0.2, 0) is 5.41 Å². The van der Waals surface area contributed by atoms with Gasteiger partial charge in [0.2, 0.25) is 0 Å². The molecule has 0 atom stereocenters. The van der Waals surface area contributed by atoms with Crippen LogP contribution in [0.15, 0.2) is 218 Å². The van der Waals surface area contributed by atoms with E-state index in [0.29, 0.717) is 5.82 Å². The first-order valence-corrected chi connectivity index (χ1v) is 21.1. The van der Waals surface area contributed by atoms with E-state index in [1.54, 1.807) is 0 Å². The highest BCUT2D eigenvalue weighted by Crippen LogP contribution is 2.63. The third kappa shape index (κ3) is 4.91. The molecule has 1 spiro atoms. The Bertz CT molecular complexity index is 3480. The van der Waals surface area contributed by atoms with E-state index < -0.39 is 5.41 Å². The largest absolute Gasteiger partial charge is 0.228 e. The Morgan fingerprint density at radius 2 is 0.689 bits per heavy atom. The molecule has 0 unspecified atom stereocenters. The Morgan fingerprint density at radius 3 is 1.30 bits per heavy atom. The highest BCUT2D eigenvalue weighted by molar-refractivity contribution is 6.27. The van der Waals surface area contributed by atoms with Crippen molar-refractivity contribution in [2.75, 3.05) is 0 Å². The number of rotatable bonds is 4. The molecule has 0 aliphatic heterocycles. The number of benzene rings is 10. The molecule has 13 rings (SSSR count). The van der Waals surface area contributed by atoms with Gasteiger partial charge >= 0.3 is 0 Å². The van der Waals surface area contributed by atoms with Gasteiger partial charge in [-0.05, 0) is 118 Å². The van der Waals surface area contributed by atoms with E-state index in [9.17, 15) is 0 Å². The molecule has 0 fully saturated rings. The fourth-order valence-corrected chi connectivity index (χ4v) is 10.6. The van der Waals surface area contributed by atoms with Crippen LogP contribution in [0.4, 0.5) is 0 Å². The van der Waals surface area contributed by atoms with Gasteiger partial charge in [0.15, 0.2) is 5.82 Å². The Balaban J connectivity index is 1.02. The van der Waals surface area contributed by atoms with E-state index in [0.717, 1.165) is 39.2 Å². The fourth-order valence-electron chi connectivity index (χ4n) is 10.6. The highest BCUT2D eigenvalue weighted by atomic mass is 14.9. The summed E-state index contributed by atoms with van der Waals surface area (Å²) in [4.78, 5) is 10.3. The number of fused-ring (bicyclic) bond motifs is 16. The first-order chi connectivity index (χ1) is 30.2. The maximum Gasteiger partial charge on any atom is 0.160 e. The lowest BCUT2D eigenvalue weighted by molar-refractivity contribution is 0.795. The first kappa shape index (κ1) is 34.0. The normalized spacial score (nSPS) is 13.0. The third-order valence-corrected chi connectivity index (χ3v) is 13.3. The van der Waals surface area contributed by atoms with Gasteiger partial charge in [-0.1, -0.05) is 188 Å². The summed E-state index contributed by atoms with van der Waals surface area (Å²) in [5, 5.41) is 7.59. The highest BCUT2D eigenvalue weighted by Gasteiger charge is 2.51. The zero-order valence-corrected chi connectivity index (χ0v) is 33.2. The molecule has 0 bridgehead atoms. The Morgan fingerprint density at radius 1 is 0.246 bits per heavy atom. The molecule has 0 amide bonds. The standard InChI is InChI=1S/C59H36N2/c1-3-16-37(17-4-1)56-36-57(38-18-5-2-6-19-38)61-58(60-56)41-21-15-20-39(32-41)40-30-31-44-48(33-40)42-22-7-8-23-43(42)49-34-51-47-26-11-14-29-54(47)59(55(51)35-50(44)49)52-27-12-9-24-45(52)46-25-10-13-28-53(46)59/h1-36H. The minimum atomic E-state index is -0.397. The van der Waals surface area contributed by atoms with Gasteiger partial charge in [0.25, 0.3) is 0 Å². The molecule has 282 valence electrons. The summed E-state index contributed by atoms with van der Waals surface area (Å²) in [5.41, 5.74) is 17.5. The van der Waals surface area contributed by atoms with Gasteiger partial charge in [0.05, 0.1) is 16.8 Å². The van der Waals surface area contributed by atoms with Gasteiger partial charge in [0, 0.05) is 16.7 Å². The molecule has 0 saturated carbocycles. The average Bonchev–Trinajstić information content (AvgIpc) is 3.81. The first-order valence-electron chi connectivity index (χ1n) is 21.1. The third-order valence-electron chi connectivity index (χ3n) is 13.3. The van der Waals surface area contributed by atoms with E-state index in [1.807, 2.05) is 12.1 Å². The monoisotopic (exact) mass is 772 g/mol. The molecule has 2 aliphatic carbocycles. The van der Waals surface area contributed by atoms with Gasteiger partial charge < -0.3 is 0 Å². The summed E-state index contributed by atoms with van der Waals surface area (Å²) in [6.07, 6.45) is 0. The predicted octanol–water partition coefficient (Wildman–Crippen LogP) is 14.9. The van der Waals surface area contributed by atoms with Crippen molar-refractivity contribution in [1.82, 2.24) is 9.97 Å². The van der Waals surface area contributed by atoms with Crippen molar-refractivity contribution < 1.29 is 0 Å². The SMILES string of the molecule is c1ccc(-c2cc(-c3ccccc3)nc(-c3cccc(-c4ccc5c(c4)c4ccccc4c4cc6c(cc54)C4(c5ccccc5-c5ccccc54)c4ccccc4-6)c3)n2)cc1. The van der Waals surface area contributed by atoms with Gasteiger partial charge in [0.1, 0.15) is 0 Å². The Hall–Kier alpha value is -7.94. The van der Waals surface area contributed by atoms with Gasteiger partial charge in [-0.3, -0.25) is 0 Å². The number of hydrogen-bond donors (Lipinski definition) is 0. The van der Waals surface area contributed by atoms with Crippen LogP contribution in [0.1, 0.15) is 22.3 Å². The van der Waals surface area contributed by atoms with E-state index in [2.05, 4.69) is 206 Å². The molecular formula is C59H36N2. The minimum absolute atomic E-state index is 0.397. The molecule has 2 aliphatic rings. The van der Waals surface area contributed by atoms with E-state index >= 15 is 0 Å². The van der Waals surface area contributed by atoms with Crippen LogP contribution >= 0.6 is 0 Å². The van der Waals surface area contributed by atoms with E-state index in [-0.39, 0.29) is 0 Å². The van der Waals surface area contributed by atoms with Crippen molar-refractivity contribution in [1.29, 1.82) is 0 Å². The van der Waals surface area contributed by atoms with Crippen LogP contribution in [0.3, 0.4) is 0 Å². The topological polar surface area (TPSA) is 25.8 Å². The van der Waals surface area contributed by atoms with Crippen LogP contribution in [0.2, 0.25) is 0 Å². The lowest BCUT2D eigenvalue weighted by atomic mass is 9.70. The molecule has 0 saturated heterocycles. The zero-order chi connectivity index (χ0) is 40.1. The lowest BCUT2D eigenvalue weighted by Gasteiger charge is -2.30. The van der Waals surface area contributed by atoms with E-state index in [1.165, 1.54) is 76.8 Å². The van der Waals surface area contributed by atoms with Crippen molar-refractivity contribution in [3.63, 3.8) is 0 Å². The number of nitrogens with zero attached hydrogens (tertiary/aromatic N) is 2. The summed E-state index contributed by atoms with van der Waals surface area (Å²) in [6.45, 7) is 0. The molecule has 2 nitrogen and oxygen atoms in total. The molecule has 0 N–H and O–H groups in total. The van der Waals surface area contributed by atoms with Gasteiger partial charge in [-0.15, -0.1) is 0 Å². The second kappa shape index (κ2) is 13.0. The molecule has 0 radical (unpaired) electrons. The summed E-state index contributed by atoms with van der Waals surface area (Å²) in [7, 11) is 0. The molecule has 10 aromatic carbocycles. The van der Waals surface area contributed by atoms with E-state index in [4.69, 9.17) is 9.97 Å². The smallest absolute Gasteiger partial charge is 0.160 e. The zero-order valence-electron chi connectivity index (χ0n) is 33.2. The minimum Gasteiger partial charge on any atom is -0.228 e. The summed E-state index contributed by atoms with van der Waals surface area (Å²) >= 11 is 0. The van der Waals surface area contributed by atoms with Crippen molar-refractivity contribution in [3.8, 4) is 67.3 Å². The molecule has 11 aromatic rings. The number of aromatic nitrogens is 2. The Kier molecular flexibility index (Phi) is 7.26. The van der Waals surface area contributed by atoms with Crippen LogP contribution in [0.5, 0.6) is 0 Å². The number of hydrogen-bond acceptors (Lipinski definition) is 2. The molecule has 2 heteroatoms. The van der Waals surface area contributed by atoms with Crippen LogP contribution in [0, 0.1) is 0 Å². The fraction of sp³-hybridized carbons (Fsp3) is 0.0169. The molecular weight excluding hydrogens is 737 g/mol. The summed E-state index contributed by atoms with van der Waals surface area (Å²) in [6, 6.07) is 79.8. The van der Waals surface area contributed by atoms with Gasteiger partial charge in [-0.2, -0.15) is 0 Å². The second-order valence-electron chi connectivity index (χ2n) is 16.4. The van der Waals surface area contributed by atoms with Crippen molar-refractivity contribution in [2.45, 2.75) is 5.41 Å².